The van der Waals surface area contributed by atoms with Gasteiger partial charge in [-0.25, -0.2) is 0 Å². The molecule has 0 aliphatic carbocycles. The fraction of sp³-hybridized carbons (Fsp3) is 0.300. The number of ether oxygens (including phenoxy) is 1. The highest BCUT2D eigenvalue weighted by molar-refractivity contribution is 6.09. The van der Waals surface area contributed by atoms with Gasteiger partial charge in [-0.05, 0) is 30.5 Å². The molecule has 0 bridgehead atoms. The third kappa shape index (κ3) is 5.06. The first-order chi connectivity index (χ1) is 11.1. The molecule has 3 nitrogen and oxygen atoms in total. The molecule has 2 rings (SSSR count). The molecule has 2 aromatic carbocycles. The minimum atomic E-state index is -0.397. The summed E-state index contributed by atoms with van der Waals surface area (Å²) in [7, 11) is 0. The second-order valence-corrected chi connectivity index (χ2v) is 5.60. The largest absolute Gasteiger partial charge is 0.427 e. The van der Waals surface area contributed by atoms with Gasteiger partial charge in [0.25, 0.3) is 0 Å². The van der Waals surface area contributed by atoms with Gasteiger partial charge in [-0.1, -0.05) is 56.2 Å². The van der Waals surface area contributed by atoms with Crippen LogP contribution in [0.1, 0.15) is 54.6 Å². The predicted octanol–water partition coefficient (Wildman–Crippen LogP) is 4.58. The molecule has 0 radical (unpaired) electrons. The van der Waals surface area contributed by atoms with Crippen molar-refractivity contribution in [3.05, 3.63) is 65.2 Å². The van der Waals surface area contributed by atoms with Gasteiger partial charge in [-0.2, -0.15) is 0 Å². The summed E-state index contributed by atoms with van der Waals surface area (Å²) in [6.07, 6.45) is 4.65. The molecule has 0 atom stereocenters. The minimum Gasteiger partial charge on any atom is -0.427 e. The maximum Gasteiger partial charge on any atom is 0.308 e. The molecule has 0 fully saturated rings. The first-order valence-corrected chi connectivity index (χ1v) is 8.02. The van der Waals surface area contributed by atoms with Crippen molar-refractivity contribution in [1.82, 2.24) is 0 Å². The van der Waals surface area contributed by atoms with Gasteiger partial charge < -0.3 is 4.74 Å². The number of rotatable bonds is 7. The standard InChI is InChI=1S/C20H22O3/c1-3-4-5-7-16-10-12-17(13-11-16)20(22)18-8-6-9-19(14-18)23-15(2)21/h6,8-14H,3-5,7H2,1-2H3. The summed E-state index contributed by atoms with van der Waals surface area (Å²) in [4.78, 5) is 23.5. The van der Waals surface area contributed by atoms with Gasteiger partial charge in [-0.3, -0.25) is 9.59 Å². The molecule has 0 saturated heterocycles. The summed E-state index contributed by atoms with van der Waals surface area (Å²) >= 11 is 0. The lowest BCUT2D eigenvalue weighted by atomic mass is 10.00. The van der Waals surface area contributed by atoms with Crippen molar-refractivity contribution in [2.45, 2.75) is 39.5 Å². The van der Waals surface area contributed by atoms with Crippen molar-refractivity contribution in [3.8, 4) is 5.75 Å². The number of aryl methyl sites for hydroxylation is 1. The van der Waals surface area contributed by atoms with Gasteiger partial charge in [0, 0.05) is 18.1 Å². The van der Waals surface area contributed by atoms with Crippen LogP contribution < -0.4 is 4.74 Å². The SMILES string of the molecule is CCCCCc1ccc(C(=O)c2cccc(OC(C)=O)c2)cc1. The van der Waals surface area contributed by atoms with E-state index >= 15 is 0 Å². The molecule has 0 aliphatic rings. The van der Waals surface area contributed by atoms with Crippen molar-refractivity contribution in [1.29, 1.82) is 0 Å². The van der Waals surface area contributed by atoms with E-state index in [0.29, 0.717) is 16.9 Å². The zero-order valence-electron chi connectivity index (χ0n) is 13.7. The molecule has 0 N–H and O–H groups in total. The van der Waals surface area contributed by atoms with Crippen LogP contribution in [0.3, 0.4) is 0 Å². The number of benzene rings is 2. The van der Waals surface area contributed by atoms with E-state index in [-0.39, 0.29) is 5.78 Å². The Bertz CT molecular complexity index is 672. The van der Waals surface area contributed by atoms with Crippen LogP contribution in [-0.2, 0) is 11.2 Å². The Labute approximate surface area is 137 Å². The van der Waals surface area contributed by atoms with Crippen LogP contribution in [0.4, 0.5) is 0 Å². The molecule has 0 heterocycles. The lowest BCUT2D eigenvalue weighted by Gasteiger charge is -2.06. The van der Waals surface area contributed by atoms with Crippen LogP contribution in [0.25, 0.3) is 0 Å². The quantitative estimate of drug-likeness (QED) is 0.325. The van der Waals surface area contributed by atoms with Crippen LogP contribution in [0.2, 0.25) is 0 Å². The third-order valence-electron chi connectivity index (χ3n) is 3.64. The minimum absolute atomic E-state index is 0.0703. The Balaban J connectivity index is 2.09. The number of ketones is 1. The second kappa shape index (κ2) is 8.28. The monoisotopic (exact) mass is 310 g/mol. The van der Waals surface area contributed by atoms with Crippen LogP contribution in [0.15, 0.2) is 48.5 Å². The van der Waals surface area contributed by atoms with E-state index in [1.54, 1.807) is 24.3 Å². The molecule has 0 aromatic heterocycles. The molecule has 0 saturated carbocycles. The fourth-order valence-corrected chi connectivity index (χ4v) is 2.44. The Morgan fingerprint density at radius 2 is 1.70 bits per heavy atom. The zero-order chi connectivity index (χ0) is 16.7. The van der Waals surface area contributed by atoms with Gasteiger partial charge >= 0.3 is 5.97 Å². The smallest absolute Gasteiger partial charge is 0.308 e. The van der Waals surface area contributed by atoms with Crippen molar-refractivity contribution in [2.24, 2.45) is 0 Å². The Morgan fingerprint density at radius 1 is 0.957 bits per heavy atom. The van der Waals surface area contributed by atoms with E-state index in [2.05, 4.69) is 6.92 Å². The van der Waals surface area contributed by atoms with E-state index in [1.807, 2.05) is 24.3 Å². The van der Waals surface area contributed by atoms with Crippen LogP contribution >= 0.6 is 0 Å². The van der Waals surface area contributed by atoms with Crippen molar-refractivity contribution >= 4 is 11.8 Å². The Morgan fingerprint density at radius 3 is 2.35 bits per heavy atom. The van der Waals surface area contributed by atoms with Crippen LogP contribution in [-0.4, -0.2) is 11.8 Å². The molecule has 23 heavy (non-hydrogen) atoms. The summed E-state index contributed by atoms with van der Waals surface area (Å²) < 4.78 is 5.02. The molecule has 0 unspecified atom stereocenters. The highest BCUT2D eigenvalue weighted by Gasteiger charge is 2.10. The second-order valence-electron chi connectivity index (χ2n) is 5.60. The predicted molar refractivity (Wildman–Crippen MR) is 90.9 cm³/mol. The number of hydrogen-bond donors (Lipinski definition) is 0. The molecule has 3 heteroatoms. The molecule has 0 aliphatic heterocycles. The highest BCUT2D eigenvalue weighted by Crippen LogP contribution is 2.18. The van der Waals surface area contributed by atoms with Crippen molar-refractivity contribution < 1.29 is 14.3 Å². The summed E-state index contributed by atoms with van der Waals surface area (Å²) in [5.41, 5.74) is 2.41. The first kappa shape index (κ1) is 16.9. The van der Waals surface area contributed by atoms with Gasteiger partial charge in [0.2, 0.25) is 0 Å². The molecule has 120 valence electrons. The molecule has 0 spiro atoms. The lowest BCUT2D eigenvalue weighted by molar-refractivity contribution is -0.131. The molecule has 0 amide bonds. The van der Waals surface area contributed by atoms with E-state index < -0.39 is 5.97 Å². The maximum absolute atomic E-state index is 12.5. The lowest BCUT2D eigenvalue weighted by Crippen LogP contribution is -2.04. The molecular weight excluding hydrogens is 288 g/mol. The Hall–Kier alpha value is -2.42. The van der Waals surface area contributed by atoms with Gasteiger partial charge in [-0.15, -0.1) is 0 Å². The van der Waals surface area contributed by atoms with Crippen LogP contribution in [0, 0.1) is 0 Å². The van der Waals surface area contributed by atoms with Crippen LogP contribution in [0.5, 0.6) is 5.75 Å². The average Bonchev–Trinajstić information content (AvgIpc) is 2.55. The fourth-order valence-electron chi connectivity index (χ4n) is 2.44. The van der Waals surface area contributed by atoms with E-state index in [4.69, 9.17) is 4.74 Å². The van der Waals surface area contributed by atoms with E-state index in [1.165, 1.54) is 31.7 Å². The average molecular weight is 310 g/mol. The third-order valence-corrected chi connectivity index (χ3v) is 3.64. The first-order valence-electron chi connectivity index (χ1n) is 8.02. The zero-order valence-corrected chi connectivity index (χ0v) is 13.7. The van der Waals surface area contributed by atoms with Gasteiger partial charge in [0.15, 0.2) is 5.78 Å². The van der Waals surface area contributed by atoms with Gasteiger partial charge in [0.05, 0.1) is 0 Å². The summed E-state index contributed by atoms with van der Waals surface area (Å²) in [5.74, 6) is -0.0790. The number of esters is 1. The maximum atomic E-state index is 12.5. The summed E-state index contributed by atoms with van der Waals surface area (Å²) in [6.45, 7) is 3.53. The van der Waals surface area contributed by atoms with Crippen molar-refractivity contribution in [3.63, 3.8) is 0 Å². The van der Waals surface area contributed by atoms with Gasteiger partial charge in [0.1, 0.15) is 5.75 Å². The van der Waals surface area contributed by atoms with E-state index in [9.17, 15) is 9.59 Å². The summed E-state index contributed by atoms with van der Waals surface area (Å²) in [5, 5.41) is 0. The topological polar surface area (TPSA) is 43.4 Å². The number of carbonyl (C=O) groups is 2. The van der Waals surface area contributed by atoms with Crippen molar-refractivity contribution in [2.75, 3.05) is 0 Å². The normalized spacial score (nSPS) is 10.3. The molecule has 2 aromatic rings. The highest BCUT2D eigenvalue weighted by atomic mass is 16.5. The number of hydrogen-bond acceptors (Lipinski definition) is 3. The summed E-state index contributed by atoms with van der Waals surface area (Å²) in [6, 6.07) is 14.4. The molecular formula is C20H22O3. The Kier molecular flexibility index (Phi) is 6.10. The number of carbonyl (C=O) groups excluding carboxylic acids is 2. The number of unbranched alkanes of at least 4 members (excludes halogenated alkanes) is 2. The van der Waals surface area contributed by atoms with E-state index in [0.717, 1.165) is 6.42 Å².